The highest BCUT2D eigenvalue weighted by atomic mass is 127. The minimum Gasteiger partial charge on any atom is -0.297 e. The summed E-state index contributed by atoms with van der Waals surface area (Å²) >= 11 is 2.24. The molecule has 0 amide bonds. The van der Waals surface area contributed by atoms with Gasteiger partial charge in [0.25, 0.3) is 0 Å². The molecule has 17 heavy (non-hydrogen) atoms. The molecule has 1 aromatic heterocycles. The van der Waals surface area contributed by atoms with Crippen molar-refractivity contribution in [2.75, 3.05) is 0 Å². The Kier molecular flexibility index (Phi) is 5.40. The predicted molar refractivity (Wildman–Crippen MR) is 76.5 cm³/mol. The van der Waals surface area contributed by atoms with Crippen molar-refractivity contribution in [3.8, 4) is 6.07 Å². The van der Waals surface area contributed by atoms with Gasteiger partial charge < -0.3 is 0 Å². The number of aromatic nitrogens is 2. The van der Waals surface area contributed by atoms with Gasteiger partial charge in [-0.05, 0) is 56.2 Å². The number of rotatable bonds is 6. The Morgan fingerprint density at radius 2 is 2.35 bits per heavy atom. The molecule has 1 heterocycles. The van der Waals surface area contributed by atoms with Gasteiger partial charge in [-0.1, -0.05) is 0 Å². The van der Waals surface area contributed by atoms with E-state index in [-0.39, 0.29) is 0 Å². The number of hydrogen-bond donors (Lipinski definition) is 1. The Bertz CT molecular complexity index is 393. The van der Waals surface area contributed by atoms with E-state index in [0.717, 1.165) is 23.0 Å². The zero-order valence-electron chi connectivity index (χ0n) is 10.6. The van der Waals surface area contributed by atoms with Gasteiger partial charge in [-0.15, -0.1) is 0 Å². The third kappa shape index (κ3) is 5.04. The van der Waals surface area contributed by atoms with Crippen LogP contribution in [0.5, 0.6) is 0 Å². The highest BCUT2D eigenvalue weighted by Crippen LogP contribution is 2.13. The number of aryl methyl sites for hydroxylation is 1. The standard InChI is InChI=1S/C12H19IN4/c1-10(2)16-12(3,9-14)5-4-6-17-8-11(13)7-15-17/h7-8,10,16H,4-6H2,1-3H3. The number of nitriles is 1. The van der Waals surface area contributed by atoms with Crippen molar-refractivity contribution < 1.29 is 0 Å². The van der Waals surface area contributed by atoms with Crippen LogP contribution in [0, 0.1) is 14.9 Å². The van der Waals surface area contributed by atoms with Crippen molar-refractivity contribution in [2.45, 2.75) is 51.7 Å². The molecule has 0 aliphatic rings. The van der Waals surface area contributed by atoms with Gasteiger partial charge in [-0.2, -0.15) is 10.4 Å². The van der Waals surface area contributed by atoms with E-state index in [1.807, 2.05) is 24.0 Å². The van der Waals surface area contributed by atoms with Crippen LogP contribution in [0.4, 0.5) is 0 Å². The molecular formula is C12H19IN4. The maximum Gasteiger partial charge on any atom is 0.104 e. The zero-order valence-corrected chi connectivity index (χ0v) is 12.7. The summed E-state index contributed by atoms with van der Waals surface area (Å²) < 4.78 is 3.07. The third-order valence-corrected chi connectivity index (χ3v) is 3.08. The van der Waals surface area contributed by atoms with E-state index in [2.05, 4.69) is 52.9 Å². The van der Waals surface area contributed by atoms with Crippen LogP contribution < -0.4 is 5.32 Å². The van der Waals surface area contributed by atoms with Crippen molar-refractivity contribution >= 4 is 22.6 Å². The molecule has 0 saturated heterocycles. The molecule has 1 N–H and O–H groups in total. The smallest absolute Gasteiger partial charge is 0.104 e. The van der Waals surface area contributed by atoms with E-state index in [1.54, 1.807) is 0 Å². The summed E-state index contributed by atoms with van der Waals surface area (Å²) in [6.45, 7) is 6.94. The fraction of sp³-hybridized carbons (Fsp3) is 0.667. The Balaban J connectivity index is 2.41. The highest BCUT2D eigenvalue weighted by molar-refractivity contribution is 14.1. The molecule has 0 aliphatic heterocycles. The van der Waals surface area contributed by atoms with E-state index in [1.165, 1.54) is 0 Å². The van der Waals surface area contributed by atoms with Gasteiger partial charge in [-0.25, -0.2) is 0 Å². The molecule has 1 aromatic rings. The molecule has 0 bridgehead atoms. The summed E-state index contributed by atoms with van der Waals surface area (Å²) in [5, 5.41) is 16.7. The molecule has 94 valence electrons. The van der Waals surface area contributed by atoms with Crippen LogP contribution in [-0.2, 0) is 6.54 Å². The average molecular weight is 346 g/mol. The molecule has 5 heteroatoms. The van der Waals surface area contributed by atoms with E-state index in [4.69, 9.17) is 0 Å². The number of nitrogens with zero attached hydrogens (tertiary/aromatic N) is 3. The van der Waals surface area contributed by atoms with Crippen LogP contribution in [0.3, 0.4) is 0 Å². The summed E-state index contributed by atoms with van der Waals surface area (Å²) in [7, 11) is 0. The van der Waals surface area contributed by atoms with E-state index in [0.29, 0.717) is 6.04 Å². The van der Waals surface area contributed by atoms with Gasteiger partial charge >= 0.3 is 0 Å². The van der Waals surface area contributed by atoms with Crippen LogP contribution in [0.2, 0.25) is 0 Å². The van der Waals surface area contributed by atoms with Crippen LogP contribution >= 0.6 is 22.6 Å². The fourth-order valence-electron chi connectivity index (χ4n) is 1.85. The lowest BCUT2D eigenvalue weighted by atomic mass is 9.96. The molecule has 0 aliphatic carbocycles. The molecule has 0 spiro atoms. The summed E-state index contributed by atoms with van der Waals surface area (Å²) in [6, 6.07) is 2.68. The van der Waals surface area contributed by atoms with Crippen LogP contribution in [-0.4, -0.2) is 21.4 Å². The molecule has 1 atom stereocenters. The van der Waals surface area contributed by atoms with E-state index < -0.39 is 5.54 Å². The topological polar surface area (TPSA) is 53.6 Å². The Hall–Kier alpha value is -0.610. The van der Waals surface area contributed by atoms with Gasteiger partial charge in [-0.3, -0.25) is 10.00 Å². The van der Waals surface area contributed by atoms with Gasteiger partial charge in [0.1, 0.15) is 5.54 Å². The molecule has 0 radical (unpaired) electrons. The van der Waals surface area contributed by atoms with Gasteiger partial charge in [0.2, 0.25) is 0 Å². The minimum atomic E-state index is -0.436. The van der Waals surface area contributed by atoms with Crippen molar-refractivity contribution in [2.24, 2.45) is 0 Å². The van der Waals surface area contributed by atoms with Gasteiger partial charge in [0.05, 0.1) is 15.8 Å². The van der Waals surface area contributed by atoms with Crippen molar-refractivity contribution in [3.05, 3.63) is 16.0 Å². The quantitative estimate of drug-likeness (QED) is 0.806. The van der Waals surface area contributed by atoms with E-state index in [9.17, 15) is 5.26 Å². The fourth-order valence-corrected chi connectivity index (χ4v) is 2.30. The first-order valence-electron chi connectivity index (χ1n) is 5.82. The first-order valence-corrected chi connectivity index (χ1v) is 6.90. The Labute approximate surface area is 117 Å². The van der Waals surface area contributed by atoms with Gasteiger partial charge in [0, 0.05) is 18.8 Å². The van der Waals surface area contributed by atoms with Crippen LogP contribution in [0.1, 0.15) is 33.6 Å². The highest BCUT2D eigenvalue weighted by Gasteiger charge is 2.23. The normalized spacial score (nSPS) is 14.6. The number of nitrogens with one attached hydrogen (secondary N) is 1. The Morgan fingerprint density at radius 1 is 1.65 bits per heavy atom. The lowest BCUT2D eigenvalue weighted by Gasteiger charge is -2.25. The molecule has 1 unspecified atom stereocenters. The van der Waals surface area contributed by atoms with Crippen molar-refractivity contribution in [1.82, 2.24) is 15.1 Å². The lowest BCUT2D eigenvalue weighted by Crippen LogP contribution is -2.45. The summed E-state index contributed by atoms with van der Waals surface area (Å²) in [4.78, 5) is 0. The first kappa shape index (κ1) is 14.5. The molecule has 0 aromatic carbocycles. The van der Waals surface area contributed by atoms with Crippen LogP contribution in [0.25, 0.3) is 0 Å². The molecule has 0 fully saturated rings. The van der Waals surface area contributed by atoms with Crippen molar-refractivity contribution in [3.63, 3.8) is 0 Å². The monoisotopic (exact) mass is 346 g/mol. The number of hydrogen-bond acceptors (Lipinski definition) is 3. The average Bonchev–Trinajstić information content (AvgIpc) is 2.63. The second kappa shape index (κ2) is 6.36. The third-order valence-electron chi connectivity index (χ3n) is 2.52. The molecule has 0 saturated carbocycles. The largest absolute Gasteiger partial charge is 0.297 e. The summed E-state index contributed by atoms with van der Waals surface area (Å²) in [6.07, 6.45) is 5.64. The van der Waals surface area contributed by atoms with Crippen LogP contribution in [0.15, 0.2) is 12.4 Å². The minimum absolute atomic E-state index is 0.324. The Morgan fingerprint density at radius 3 is 2.82 bits per heavy atom. The van der Waals surface area contributed by atoms with E-state index >= 15 is 0 Å². The molecule has 4 nitrogen and oxygen atoms in total. The lowest BCUT2D eigenvalue weighted by molar-refractivity contribution is 0.361. The second-order valence-electron chi connectivity index (χ2n) is 4.77. The zero-order chi connectivity index (χ0) is 12.9. The summed E-state index contributed by atoms with van der Waals surface area (Å²) in [5.74, 6) is 0. The first-order chi connectivity index (χ1) is 7.95. The van der Waals surface area contributed by atoms with Crippen molar-refractivity contribution in [1.29, 1.82) is 5.26 Å². The number of halogens is 1. The molecular weight excluding hydrogens is 327 g/mol. The van der Waals surface area contributed by atoms with Gasteiger partial charge in [0.15, 0.2) is 0 Å². The molecule has 1 rings (SSSR count). The summed E-state index contributed by atoms with van der Waals surface area (Å²) in [5.41, 5.74) is -0.436. The SMILES string of the molecule is CC(C)NC(C)(C#N)CCCn1cc(I)cn1. The maximum atomic E-state index is 9.20. The predicted octanol–water partition coefficient (Wildman–Crippen LogP) is 2.55. The maximum absolute atomic E-state index is 9.20. The second-order valence-corrected chi connectivity index (χ2v) is 6.01.